The maximum atomic E-state index is 10.9. The van der Waals surface area contributed by atoms with E-state index in [1.165, 1.54) is 5.56 Å². The third kappa shape index (κ3) is 1.77. The summed E-state index contributed by atoms with van der Waals surface area (Å²) in [5.41, 5.74) is 6.52. The molecule has 1 aromatic carbocycles. The second-order valence-electron chi connectivity index (χ2n) is 3.71. The van der Waals surface area contributed by atoms with E-state index in [2.05, 4.69) is 17.4 Å². The molecule has 0 saturated carbocycles. The minimum absolute atomic E-state index is 0.153. The molecule has 14 heavy (non-hydrogen) atoms. The number of nitrogens with one attached hydrogen (secondary N) is 1. The zero-order chi connectivity index (χ0) is 9.97. The molecule has 1 aliphatic heterocycles. The summed E-state index contributed by atoms with van der Waals surface area (Å²) in [6, 6.07) is 10.1. The first-order valence-corrected chi connectivity index (χ1v) is 4.85. The van der Waals surface area contributed by atoms with Crippen LogP contribution in [0.4, 0.5) is 0 Å². The molecule has 1 aliphatic rings. The predicted molar refractivity (Wildman–Crippen MR) is 54.8 cm³/mol. The zero-order valence-electron chi connectivity index (χ0n) is 7.94. The van der Waals surface area contributed by atoms with Crippen LogP contribution in [0.5, 0.6) is 0 Å². The van der Waals surface area contributed by atoms with Gasteiger partial charge in [0.2, 0.25) is 5.91 Å². The van der Waals surface area contributed by atoms with Crippen LogP contribution in [0.15, 0.2) is 30.3 Å². The van der Waals surface area contributed by atoms with Crippen molar-refractivity contribution in [2.45, 2.75) is 18.4 Å². The highest BCUT2D eigenvalue weighted by molar-refractivity contribution is 5.80. The number of hydrogen-bond acceptors (Lipinski definition) is 2. The van der Waals surface area contributed by atoms with Gasteiger partial charge in [-0.15, -0.1) is 0 Å². The Morgan fingerprint density at radius 3 is 2.64 bits per heavy atom. The van der Waals surface area contributed by atoms with Gasteiger partial charge in [0, 0.05) is 6.54 Å². The van der Waals surface area contributed by atoms with Gasteiger partial charge < -0.3 is 11.1 Å². The van der Waals surface area contributed by atoms with Gasteiger partial charge in [0.15, 0.2) is 0 Å². The van der Waals surface area contributed by atoms with E-state index in [0.717, 1.165) is 13.0 Å². The molecule has 1 heterocycles. The molecule has 1 aromatic rings. The Balaban J connectivity index is 2.06. The molecule has 0 aromatic heterocycles. The Hall–Kier alpha value is -1.35. The number of primary amides is 1. The van der Waals surface area contributed by atoms with E-state index in [9.17, 15) is 4.79 Å². The minimum Gasteiger partial charge on any atom is -0.368 e. The van der Waals surface area contributed by atoms with Crippen molar-refractivity contribution in [1.82, 2.24) is 5.32 Å². The van der Waals surface area contributed by atoms with Gasteiger partial charge >= 0.3 is 0 Å². The van der Waals surface area contributed by atoms with Crippen molar-refractivity contribution in [2.24, 2.45) is 5.73 Å². The van der Waals surface area contributed by atoms with Crippen LogP contribution in [-0.2, 0) is 4.79 Å². The lowest BCUT2D eigenvalue weighted by molar-refractivity contribution is -0.119. The topological polar surface area (TPSA) is 55.1 Å². The quantitative estimate of drug-likeness (QED) is 0.718. The van der Waals surface area contributed by atoms with Gasteiger partial charge in [-0.25, -0.2) is 0 Å². The zero-order valence-corrected chi connectivity index (χ0v) is 7.94. The monoisotopic (exact) mass is 190 g/mol. The normalized spacial score (nSPS) is 26.3. The van der Waals surface area contributed by atoms with Gasteiger partial charge in [0.1, 0.15) is 0 Å². The summed E-state index contributed by atoms with van der Waals surface area (Å²) in [6.07, 6.45) is 0.819. The number of rotatable bonds is 2. The second kappa shape index (κ2) is 3.80. The SMILES string of the molecule is NC(=O)[C@@H]1CC(c2ccccc2)CN1. The molecule has 0 spiro atoms. The van der Waals surface area contributed by atoms with Gasteiger partial charge in [-0.05, 0) is 17.9 Å². The van der Waals surface area contributed by atoms with Gasteiger partial charge in [-0.3, -0.25) is 4.79 Å². The molecule has 0 radical (unpaired) electrons. The number of carbonyl (C=O) groups is 1. The van der Waals surface area contributed by atoms with Crippen molar-refractivity contribution in [3.8, 4) is 0 Å². The van der Waals surface area contributed by atoms with Gasteiger partial charge in [0.05, 0.1) is 6.04 Å². The summed E-state index contributed by atoms with van der Waals surface area (Å²) in [5.74, 6) is 0.178. The lowest BCUT2D eigenvalue weighted by Crippen LogP contribution is -2.36. The number of nitrogens with two attached hydrogens (primary N) is 1. The van der Waals surface area contributed by atoms with Crippen molar-refractivity contribution in [3.63, 3.8) is 0 Å². The lowest BCUT2D eigenvalue weighted by Gasteiger charge is -2.07. The molecule has 1 amide bonds. The highest BCUT2D eigenvalue weighted by Crippen LogP contribution is 2.24. The van der Waals surface area contributed by atoms with Crippen molar-refractivity contribution in [2.75, 3.05) is 6.54 Å². The fourth-order valence-electron chi connectivity index (χ4n) is 1.93. The van der Waals surface area contributed by atoms with Crippen molar-refractivity contribution in [1.29, 1.82) is 0 Å². The number of carbonyl (C=O) groups excluding carboxylic acids is 1. The molecule has 2 atom stereocenters. The van der Waals surface area contributed by atoms with E-state index in [1.54, 1.807) is 0 Å². The molecule has 0 bridgehead atoms. The van der Waals surface area contributed by atoms with Crippen molar-refractivity contribution < 1.29 is 4.79 Å². The average molecular weight is 190 g/mol. The Bertz CT molecular complexity index is 323. The Kier molecular flexibility index (Phi) is 2.50. The van der Waals surface area contributed by atoms with Crippen LogP contribution in [0, 0.1) is 0 Å². The molecule has 1 fully saturated rings. The van der Waals surface area contributed by atoms with Crippen LogP contribution >= 0.6 is 0 Å². The fourth-order valence-corrected chi connectivity index (χ4v) is 1.93. The third-order valence-electron chi connectivity index (χ3n) is 2.75. The smallest absolute Gasteiger partial charge is 0.234 e. The van der Waals surface area contributed by atoms with Gasteiger partial charge in [-0.2, -0.15) is 0 Å². The first kappa shape index (κ1) is 9.21. The van der Waals surface area contributed by atoms with Crippen molar-refractivity contribution >= 4 is 5.91 Å². The summed E-state index contributed by atoms with van der Waals surface area (Å²) in [4.78, 5) is 10.9. The van der Waals surface area contributed by atoms with Crippen LogP contribution < -0.4 is 11.1 Å². The Labute approximate surface area is 83.3 Å². The maximum absolute atomic E-state index is 10.9. The number of benzene rings is 1. The van der Waals surface area contributed by atoms with Gasteiger partial charge in [0.25, 0.3) is 0 Å². The molecule has 74 valence electrons. The first-order chi connectivity index (χ1) is 6.77. The predicted octanol–water partition coefficient (Wildman–Crippen LogP) is 0.617. The molecule has 3 heteroatoms. The summed E-state index contributed by atoms with van der Waals surface area (Å²) >= 11 is 0. The standard InChI is InChI=1S/C11H14N2O/c12-11(14)10-6-9(7-13-10)8-4-2-1-3-5-8/h1-5,9-10,13H,6-7H2,(H2,12,14)/t9?,10-/m0/s1. The van der Waals surface area contributed by atoms with E-state index in [4.69, 9.17) is 5.73 Å². The molecular formula is C11H14N2O. The molecule has 0 aliphatic carbocycles. The van der Waals surface area contributed by atoms with E-state index in [0.29, 0.717) is 5.92 Å². The second-order valence-corrected chi connectivity index (χ2v) is 3.71. The summed E-state index contributed by atoms with van der Waals surface area (Å²) in [6.45, 7) is 0.845. The molecule has 3 N–H and O–H groups in total. The molecule has 3 nitrogen and oxygen atoms in total. The fraction of sp³-hybridized carbons (Fsp3) is 0.364. The Morgan fingerprint density at radius 2 is 2.07 bits per heavy atom. The van der Waals surface area contributed by atoms with Crippen LogP contribution in [-0.4, -0.2) is 18.5 Å². The molecular weight excluding hydrogens is 176 g/mol. The highest BCUT2D eigenvalue weighted by Gasteiger charge is 2.28. The van der Waals surface area contributed by atoms with Crippen LogP contribution in [0.25, 0.3) is 0 Å². The minimum atomic E-state index is -0.247. The van der Waals surface area contributed by atoms with E-state index in [-0.39, 0.29) is 11.9 Å². The Morgan fingerprint density at radius 1 is 1.36 bits per heavy atom. The largest absolute Gasteiger partial charge is 0.368 e. The third-order valence-corrected chi connectivity index (χ3v) is 2.75. The number of amides is 1. The highest BCUT2D eigenvalue weighted by atomic mass is 16.1. The molecule has 1 unspecified atom stereocenters. The summed E-state index contributed by atoms with van der Waals surface area (Å²) in [7, 11) is 0. The van der Waals surface area contributed by atoms with E-state index >= 15 is 0 Å². The lowest BCUT2D eigenvalue weighted by atomic mass is 9.96. The van der Waals surface area contributed by atoms with Crippen LogP contribution in [0.2, 0.25) is 0 Å². The summed E-state index contributed by atoms with van der Waals surface area (Å²) in [5, 5.41) is 3.13. The summed E-state index contributed by atoms with van der Waals surface area (Å²) < 4.78 is 0. The van der Waals surface area contributed by atoms with Crippen molar-refractivity contribution in [3.05, 3.63) is 35.9 Å². The van der Waals surface area contributed by atoms with Crippen LogP contribution in [0.1, 0.15) is 17.9 Å². The van der Waals surface area contributed by atoms with E-state index in [1.807, 2.05) is 18.2 Å². The maximum Gasteiger partial charge on any atom is 0.234 e. The first-order valence-electron chi connectivity index (χ1n) is 4.85. The molecule has 2 rings (SSSR count). The number of hydrogen-bond donors (Lipinski definition) is 2. The molecule has 1 saturated heterocycles. The van der Waals surface area contributed by atoms with Crippen LogP contribution in [0.3, 0.4) is 0 Å². The van der Waals surface area contributed by atoms with E-state index < -0.39 is 0 Å². The van der Waals surface area contributed by atoms with Gasteiger partial charge in [-0.1, -0.05) is 30.3 Å². The average Bonchev–Trinajstić information content (AvgIpc) is 2.68.